The van der Waals surface area contributed by atoms with Crippen LogP contribution in [0.15, 0.2) is 76.1 Å². The summed E-state index contributed by atoms with van der Waals surface area (Å²) < 4.78 is 12.0. The first kappa shape index (κ1) is 24.5. The van der Waals surface area contributed by atoms with Crippen LogP contribution in [0.4, 0.5) is 0 Å². The zero-order valence-electron chi connectivity index (χ0n) is 19.6. The van der Waals surface area contributed by atoms with E-state index in [4.69, 9.17) is 21.4 Å². The molecule has 3 aromatic rings. The molecular weight excluding hydrogens is 492 g/mol. The van der Waals surface area contributed by atoms with Crippen LogP contribution in [-0.4, -0.2) is 40.8 Å². The van der Waals surface area contributed by atoms with Gasteiger partial charge in [-0.1, -0.05) is 66.4 Å². The molecule has 2 saturated heterocycles. The molecule has 0 unspecified atom stereocenters. The molecule has 2 aliphatic rings. The molecule has 1 N–H and O–H groups in total. The van der Waals surface area contributed by atoms with Crippen molar-refractivity contribution in [2.75, 3.05) is 19.7 Å². The Hall–Kier alpha value is -3.20. The maximum Gasteiger partial charge on any atom is 0.338 e. The first-order valence-electron chi connectivity index (χ1n) is 11.9. The summed E-state index contributed by atoms with van der Waals surface area (Å²) in [5.41, 5.74) is 2.37. The van der Waals surface area contributed by atoms with Crippen LogP contribution in [0.5, 0.6) is 0 Å². The van der Waals surface area contributed by atoms with E-state index in [0.29, 0.717) is 45.4 Å². The number of furan rings is 1. The highest BCUT2D eigenvalue weighted by Crippen LogP contribution is 2.34. The van der Waals surface area contributed by atoms with E-state index in [1.54, 1.807) is 23.1 Å². The van der Waals surface area contributed by atoms with Crippen molar-refractivity contribution in [2.45, 2.75) is 19.4 Å². The van der Waals surface area contributed by atoms with Gasteiger partial charge in [-0.05, 0) is 61.7 Å². The Bertz CT molecular complexity index is 1280. The van der Waals surface area contributed by atoms with Crippen molar-refractivity contribution in [1.29, 1.82) is 0 Å². The summed E-state index contributed by atoms with van der Waals surface area (Å²) in [6.45, 7) is 2.86. The third-order valence-corrected chi connectivity index (χ3v) is 7.65. The fraction of sp³-hybridized carbons (Fsp3) is 0.250. The number of carbonyl (C=O) groups is 2. The second-order valence-corrected chi connectivity index (χ2v) is 10.5. The second kappa shape index (κ2) is 11.2. The highest BCUT2D eigenvalue weighted by Gasteiger charge is 2.32. The van der Waals surface area contributed by atoms with Gasteiger partial charge in [0.15, 0.2) is 0 Å². The molecule has 0 atom stereocenters. The average molecular weight is 519 g/mol. The van der Waals surface area contributed by atoms with E-state index in [1.807, 2.05) is 54.6 Å². The van der Waals surface area contributed by atoms with Gasteiger partial charge in [0.05, 0.1) is 23.6 Å². The zero-order chi connectivity index (χ0) is 24.9. The largest absolute Gasteiger partial charge is 0.462 e. The summed E-state index contributed by atoms with van der Waals surface area (Å²) >= 11 is 6.71. The van der Waals surface area contributed by atoms with E-state index in [1.165, 1.54) is 11.8 Å². The third-order valence-electron chi connectivity index (χ3n) is 6.27. The number of benzene rings is 2. The van der Waals surface area contributed by atoms with Crippen LogP contribution >= 0.6 is 24.0 Å². The lowest BCUT2D eigenvalue weighted by atomic mass is 9.99. The molecule has 3 heterocycles. The first-order chi connectivity index (χ1) is 17.6. The fourth-order valence-electron chi connectivity index (χ4n) is 4.21. The van der Waals surface area contributed by atoms with Gasteiger partial charge in [0.25, 0.3) is 5.91 Å². The zero-order valence-corrected chi connectivity index (χ0v) is 21.3. The quantitative estimate of drug-likeness (QED) is 0.251. The molecule has 36 heavy (non-hydrogen) atoms. The van der Waals surface area contributed by atoms with Crippen LogP contribution < -0.4 is 5.32 Å². The van der Waals surface area contributed by atoms with E-state index in [9.17, 15) is 9.59 Å². The van der Waals surface area contributed by atoms with E-state index < -0.39 is 0 Å². The average Bonchev–Trinajstić information content (AvgIpc) is 3.49. The predicted molar refractivity (Wildman–Crippen MR) is 145 cm³/mol. The Kier molecular flexibility index (Phi) is 7.65. The summed E-state index contributed by atoms with van der Waals surface area (Å²) in [7, 11) is 0. The van der Waals surface area contributed by atoms with Crippen molar-refractivity contribution in [3.63, 3.8) is 0 Å². The summed E-state index contributed by atoms with van der Waals surface area (Å²) in [5, 5.41) is 3.31. The van der Waals surface area contributed by atoms with E-state index in [0.717, 1.165) is 37.1 Å². The van der Waals surface area contributed by atoms with Gasteiger partial charge in [-0.15, -0.1) is 0 Å². The minimum absolute atomic E-state index is 0.126. The first-order valence-corrected chi connectivity index (χ1v) is 13.2. The van der Waals surface area contributed by atoms with Crippen LogP contribution in [0.25, 0.3) is 17.4 Å². The molecule has 184 valence electrons. The molecule has 1 aromatic heterocycles. The smallest absolute Gasteiger partial charge is 0.338 e. The second-order valence-electron chi connectivity index (χ2n) is 8.82. The number of nitrogens with one attached hydrogen (secondary N) is 1. The highest BCUT2D eigenvalue weighted by molar-refractivity contribution is 8.26. The van der Waals surface area contributed by atoms with E-state index in [-0.39, 0.29) is 11.9 Å². The molecule has 6 nitrogen and oxygen atoms in total. The molecule has 1 amide bonds. The van der Waals surface area contributed by atoms with Crippen LogP contribution in [0.1, 0.15) is 34.5 Å². The molecule has 0 bridgehead atoms. The van der Waals surface area contributed by atoms with Crippen LogP contribution in [0.2, 0.25) is 0 Å². The van der Waals surface area contributed by atoms with Crippen molar-refractivity contribution >= 4 is 46.3 Å². The predicted octanol–water partition coefficient (Wildman–Crippen LogP) is 5.50. The van der Waals surface area contributed by atoms with Gasteiger partial charge in [-0.2, -0.15) is 0 Å². The Balaban J connectivity index is 1.21. The Labute approximate surface area is 219 Å². The summed E-state index contributed by atoms with van der Waals surface area (Å²) in [5.74, 6) is 1.21. The molecule has 0 radical (unpaired) electrons. The minimum Gasteiger partial charge on any atom is -0.462 e. The lowest BCUT2D eigenvalue weighted by Crippen LogP contribution is -2.30. The minimum atomic E-state index is -0.308. The standard InChI is InChI=1S/C28H26N2O4S2/c31-26-25(36-28(35)30(26)17-19-4-2-1-3-5-19)16-23-10-11-24(34-23)21-6-8-22(9-7-21)27(32)33-18-20-12-14-29-15-13-20/h1-11,16,20,29H,12-15,17-18H2/b25-16+. The van der Waals surface area contributed by atoms with Crippen LogP contribution in [-0.2, 0) is 16.1 Å². The number of thiocarbonyl (C=S) groups is 1. The van der Waals surface area contributed by atoms with Gasteiger partial charge in [0.1, 0.15) is 15.8 Å². The Morgan fingerprint density at radius 3 is 2.58 bits per heavy atom. The van der Waals surface area contributed by atoms with Crippen molar-refractivity contribution in [3.05, 3.63) is 88.5 Å². The molecule has 2 aromatic carbocycles. The normalized spacial score (nSPS) is 17.7. The molecule has 2 aliphatic heterocycles. The van der Waals surface area contributed by atoms with Crippen LogP contribution in [0, 0.1) is 5.92 Å². The molecule has 5 rings (SSSR count). The third kappa shape index (κ3) is 5.78. The van der Waals surface area contributed by atoms with Gasteiger partial charge in [0.2, 0.25) is 0 Å². The lowest BCUT2D eigenvalue weighted by Gasteiger charge is -2.22. The molecule has 0 spiro atoms. The number of ether oxygens (including phenoxy) is 1. The summed E-state index contributed by atoms with van der Waals surface area (Å²) in [4.78, 5) is 27.5. The summed E-state index contributed by atoms with van der Waals surface area (Å²) in [6.07, 6.45) is 3.79. The Morgan fingerprint density at radius 2 is 1.83 bits per heavy atom. The fourth-order valence-corrected chi connectivity index (χ4v) is 5.45. The number of hydrogen-bond donors (Lipinski definition) is 1. The number of hydrogen-bond acceptors (Lipinski definition) is 7. The number of esters is 1. The van der Waals surface area contributed by atoms with Crippen molar-refractivity contribution in [1.82, 2.24) is 10.2 Å². The van der Waals surface area contributed by atoms with Gasteiger partial charge in [-0.25, -0.2) is 4.79 Å². The Morgan fingerprint density at radius 1 is 1.08 bits per heavy atom. The monoisotopic (exact) mass is 518 g/mol. The highest BCUT2D eigenvalue weighted by atomic mass is 32.2. The molecule has 8 heteroatoms. The topological polar surface area (TPSA) is 71.8 Å². The number of rotatable bonds is 7. The number of amides is 1. The van der Waals surface area contributed by atoms with Crippen molar-refractivity contribution in [2.24, 2.45) is 5.92 Å². The molecule has 0 saturated carbocycles. The van der Waals surface area contributed by atoms with Gasteiger partial charge in [-0.3, -0.25) is 9.69 Å². The van der Waals surface area contributed by atoms with Crippen molar-refractivity contribution in [3.8, 4) is 11.3 Å². The van der Waals surface area contributed by atoms with Crippen LogP contribution in [0.3, 0.4) is 0 Å². The lowest BCUT2D eigenvalue weighted by molar-refractivity contribution is -0.122. The maximum atomic E-state index is 12.9. The van der Waals surface area contributed by atoms with Gasteiger partial charge >= 0.3 is 5.97 Å². The van der Waals surface area contributed by atoms with Gasteiger partial charge in [0, 0.05) is 11.6 Å². The van der Waals surface area contributed by atoms with Crippen molar-refractivity contribution < 1.29 is 18.7 Å². The maximum absolute atomic E-state index is 12.9. The molecular formula is C28H26N2O4S2. The number of thioether (sulfide) groups is 1. The SMILES string of the molecule is O=C(OCC1CCNCC1)c1ccc(-c2ccc(/C=C3/SC(=S)N(Cc4ccccc4)C3=O)o2)cc1. The van der Waals surface area contributed by atoms with E-state index >= 15 is 0 Å². The summed E-state index contributed by atoms with van der Waals surface area (Å²) in [6, 6.07) is 20.6. The van der Waals surface area contributed by atoms with E-state index in [2.05, 4.69) is 5.32 Å². The number of nitrogens with zero attached hydrogens (tertiary/aromatic N) is 1. The van der Waals surface area contributed by atoms with Gasteiger partial charge < -0.3 is 14.5 Å². The number of piperidine rings is 1. The molecule has 0 aliphatic carbocycles. The molecule has 2 fully saturated rings. The number of carbonyl (C=O) groups excluding carboxylic acids is 2.